The molecule has 2 aliphatic heterocycles. The van der Waals surface area contributed by atoms with Crippen LogP contribution in [-0.4, -0.2) is 44.3 Å². The predicted molar refractivity (Wildman–Crippen MR) is 109 cm³/mol. The maximum absolute atomic E-state index is 15.0. The second-order valence-electron chi connectivity index (χ2n) is 7.96. The van der Waals surface area contributed by atoms with Crippen LogP contribution in [0.2, 0.25) is 0 Å². The van der Waals surface area contributed by atoms with E-state index in [4.69, 9.17) is 9.57 Å². The van der Waals surface area contributed by atoms with Crippen molar-refractivity contribution >= 4 is 23.4 Å². The van der Waals surface area contributed by atoms with E-state index in [2.05, 4.69) is 17.4 Å². The molecule has 3 aliphatic rings. The fraction of sp³-hybridized carbons (Fsp3) is 0.429. The van der Waals surface area contributed by atoms with Crippen LogP contribution in [0.25, 0.3) is 0 Å². The number of hydrogen-bond donors (Lipinski definition) is 2. The zero-order valence-corrected chi connectivity index (χ0v) is 17.1. The molecule has 2 N–H and O–H groups in total. The maximum Gasteiger partial charge on any atom is 0.414 e. The van der Waals surface area contributed by atoms with E-state index in [1.165, 1.54) is 11.8 Å². The van der Waals surface area contributed by atoms with Crippen LogP contribution in [0.4, 0.5) is 25.0 Å². The molecule has 0 bridgehead atoms. The number of cyclic esters (lactones) is 1. The van der Waals surface area contributed by atoms with Crippen LogP contribution in [0.5, 0.6) is 0 Å². The number of anilines is 2. The van der Waals surface area contributed by atoms with Crippen LogP contribution >= 0.6 is 0 Å². The first-order valence-corrected chi connectivity index (χ1v) is 10.0. The van der Waals surface area contributed by atoms with Crippen molar-refractivity contribution in [1.29, 1.82) is 0 Å². The molecule has 31 heavy (non-hydrogen) atoms. The summed E-state index contributed by atoms with van der Waals surface area (Å²) in [7, 11) is 0. The molecule has 2 amide bonds. The van der Waals surface area contributed by atoms with Crippen molar-refractivity contribution in [2.75, 3.05) is 36.0 Å². The van der Waals surface area contributed by atoms with Crippen molar-refractivity contribution in [2.24, 2.45) is 5.41 Å². The number of hydrogen-bond acceptors (Lipinski definition) is 6. The number of carbonyl (C=O) groups excluding carboxylic acids is 2. The molecule has 166 valence electrons. The highest BCUT2D eigenvalue weighted by molar-refractivity contribution is 5.90. The lowest BCUT2D eigenvalue weighted by atomic mass is 10.1. The number of nitrogens with zero attached hydrogens (tertiary/aromatic N) is 2. The first kappa shape index (κ1) is 21.1. The number of ether oxygens (including phenoxy) is 1. The molecule has 1 aliphatic carbocycles. The molecule has 0 radical (unpaired) electrons. The summed E-state index contributed by atoms with van der Waals surface area (Å²) in [5.74, 6) is -1.83. The largest absolute Gasteiger partial charge is 0.442 e. The predicted octanol–water partition coefficient (Wildman–Crippen LogP) is 2.57. The van der Waals surface area contributed by atoms with Crippen molar-refractivity contribution in [3.8, 4) is 0 Å². The van der Waals surface area contributed by atoms with Crippen molar-refractivity contribution in [2.45, 2.75) is 25.9 Å². The van der Waals surface area contributed by atoms with Gasteiger partial charge in [-0.05, 0) is 12.8 Å². The Labute approximate surface area is 178 Å². The molecule has 1 saturated heterocycles. The molecule has 1 aromatic carbocycles. The Kier molecular flexibility index (Phi) is 5.57. The number of halogens is 2. The van der Waals surface area contributed by atoms with Crippen molar-refractivity contribution in [1.82, 2.24) is 10.8 Å². The van der Waals surface area contributed by atoms with E-state index in [9.17, 15) is 18.4 Å². The quantitative estimate of drug-likeness (QED) is 0.372. The van der Waals surface area contributed by atoms with Crippen LogP contribution in [0.3, 0.4) is 0 Å². The third-order valence-corrected chi connectivity index (χ3v) is 5.62. The van der Waals surface area contributed by atoms with Gasteiger partial charge in [0.05, 0.1) is 31.1 Å². The lowest BCUT2D eigenvalue weighted by Gasteiger charge is -2.21. The van der Waals surface area contributed by atoms with Gasteiger partial charge >= 0.3 is 6.09 Å². The number of amides is 2. The summed E-state index contributed by atoms with van der Waals surface area (Å²) in [5.41, 5.74) is 3.34. The van der Waals surface area contributed by atoms with Crippen LogP contribution < -0.4 is 20.6 Å². The minimum atomic E-state index is -0.784. The average molecular weight is 434 g/mol. The zero-order chi connectivity index (χ0) is 22.2. The Hall–Kier alpha value is -3.14. The normalized spacial score (nSPS) is 21.2. The number of hydroxylamine groups is 1. The highest BCUT2D eigenvalue weighted by Gasteiger charge is 2.52. The van der Waals surface area contributed by atoms with Gasteiger partial charge in [-0.2, -0.15) is 0 Å². The highest BCUT2D eigenvalue weighted by Crippen LogP contribution is 2.55. The number of benzene rings is 1. The van der Waals surface area contributed by atoms with Crippen LogP contribution in [0.15, 0.2) is 36.7 Å². The Morgan fingerprint density at radius 3 is 2.71 bits per heavy atom. The molecule has 4 rings (SSSR count). The summed E-state index contributed by atoms with van der Waals surface area (Å²) >= 11 is 0. The van der Waals surface area contributed by atoms with Gasteiger partial charge in [-0.25, -0.2) is 13.6 Å². The third-order valence-electron chi connectivity index (χ3n) is 5.62. The Morgan fingerprint density at radius 2 is 2.10 bits per heavy atom. The summed E-state index contributed by atoms with van der Waals surface area (Å²) in [6.45, 7) is 5.88. The van der Waals surface area contributed by atoms with Gasteiger partial charge in [0, 0.05) is 37.2 Å². The first-order valence-electron chi connectivity index (χ1n) is 10.0. The molecule has 2 heterocycles. The molecule has 0 unspecified atom stereocenters. The van der Waals surface area contributed by atoms with Gasteiger partial charge in [0.2, 0.25) is 5.91 Å². The lowest BCUT2D eigenvalue weighted by Crippen LogP contribution is -2.33. The fourth-order valence-electron chi connectivity index (χ4n) is 3.86. The standard InChI is InChI=1S/C21H24F2N4O4/c1-3-6-30-25-18-11-26(12-21(18)4-5-21)19-16(22)7-14(8-17(19)23)27-10-15(31-20(27)29)9-24-13(2)28/h3,7-8,11,15,25H,1,4-6,9-10,12H2,2H3,(H,24,28)/t15-/m0/s1. The van der Waals surface area contributed by atoms with Gasteiger partial charge < -0.3 is 15.0 Å². The SMILES string of the molecule is C=CCONC1=CN(c2c(F)cc(N3C[C@H](CNC(C)=O)OC3=O)cc2F)CC12CC2. The molecular weight excluding hydrogens is 410 g/mol. The molecule has 1 atom stereocenters. The minimum Gasteiger partial charge on any atom is -0.442 e. The van der Waals surface area contributed by atoms with E-state index in [0.29, 0.717) is 13.2 Å². The van der Waals surface area contributed by atoms with Gasteiger partial charge in [-0.3, -0.25) is 20.0 Å². The maximum atomic E-state index is 15.0. The van der Waals surface area contributed by atoms with Crippen molar-refractivity contribution in [3.63, 3.8) is 0 Å². The van der Waals surface area contributed by atoms with Crippen molar-refractivity contribution < 1.29 is 27.9 Å². The molecule has 0 aromatic heterocycles. The second-order valence-corrected chi connectivity index (χ2v) is 7.96. The number of nitrogens with one attached hydrogen (secondary N) is 2. The fourth-order valence-corrected chi connectivity index (χ4v) is 3.86. The van der Waals surface area contributed by atoms with Crippen molar-refractivity contribution in [3.05, 3.63) is 48.3 Å². The molecular formula is C21H24F2N4O4. The molecule has 1 aromatic rings. The van der Waals surface area contributed by atoms with Crippen LogP contribution in [0.1, 0.15) is 19.8 Å². The highest BCUT2D eigenvalue weighted by atomic mass is 19.1. The van der Waals surface area contributed by atoms with Gasteiger partial charge in [-0.1, -0.05) is 6.08 Å². The third kappa shape index (κ3) is 4.20. The average Bonchev–Trinajstić information content (AvgIpc) is 3.25. The number of carbonyl (C=O) groups is 2. The van der Waals surface area contributed by atoms with Gasteiger partial charge in [0.25, 0.3) is 0 Å². The van der Waals surface area contributed by atoms with Crippen LogP contribution in [-0.2, 0) is 14.4 Å². The molecule has 2 fully saturated rings. The minimum absolute atomic E-state index is 0.0612. The summed E-state index contributed by atoms with van der Waals surface area (Å²) in [6, 6.07) is 2.24. The zero-order valence-electron chi connectivity index (χ0n) is 17.1. The molecule has 8 nitrogen and oxygen atoms in total. The Morgan fingerprint density at radius 1 is 1.39 bits per heavy atom. The first-order chi connectivity index (χ1) is 14.8. The topological polar surface area (TPSA) is 83.1 Å². The van der Waals surface area contributed by atoms with E-state index < -0.39 is 23.8 Å². The van der Waals surface area contributed by atoms with E-state index >= 15 is 0 Å². The summed E-state index contributed by atoms with van der Waals surface area (Å²) in [5, 5.41) is 2.56. The molecule has 10 heteroatoms. The Bertz CT molecular complexity index is 924. The van der Waals surface area contributed by atoms with E-state index in [1.807, 2.05) is 0 Å². The monoisotopic (exact) mass is 434 g/mol. The van der Waals surface area contributed by atoms with E-state index in [1.54, 1.807) is 12.3 Å². The van der Waals surface area contributed by atoms with Gasteiger partial charge in [-0.15, -0.1) is 6.58 Å². The molecule has 1 saturated carbocycles. The summed E-state index contributed by atoms with van der Waals surface area (Å²) in [4.78, 5) is 31.2. The van der Waals surface area contributed by atoms with Gasteiger partial charge in [0.1, 0.15) is 11.8 Å². The van der Waals surface area contributed by atoms with E-state index in [0.717, 1.165) is 35.6 Å². The number of rotatable bonds is 8. The van der Waals surface area contributed by atoms with E-state index in [-0.39, 0.29) is 35.8 Å². The molecule has 1 spiro atoms. The summed E-state index contributed by atoms with van der Waals surface area (Å²) < 4.78 is 35.1. The second kappa shape index (κ2) is 8.18. The smallest absolute Gasteiger partial charge is 0.414 e. The van der Waals surface area contributed by atoms with Gasteiger partial charge in [0.15, 0.2) is 11.6 Å². The lowest BCUT2D eigenvalue weighted by molar-refractivity contribution is -0.119. The Balaban J connectivity index is 1.51. The summed E-state index contributed by atoms with van der Waals surface area (Å²) in [6.07, 6.45) is 3.74. The van der Waals surface area contributed by atoms with Crippen LogP contribution in [0, 0.1) is 17.0 Å².